The summed E-state index contributed by atoms with van der Waals surface area (Å²) in [5.41, 5.74) is 6.76. The Morgan fingerprint density at radius 2 is 1.80 bits per heavy atom. The number of hydrogen-bond acceptors (Lipinski definition) is 6. The van der Waals surface area contributed by atoms with E-state index in [1.165, 1.54) is 4.68 Å². The minimum atomic E-state index is -3.53. The van der Waals surface area contributed by atoms with E-state index in [1.54, 1.807) is 13.8 Å². The van der Waals surface area contributed by atoms with Crippen molar-refractivity contribution in [1.82, 2.24) is 15.0 Å². The molecule has 0 bridgehead atoms. The van der Waals surface area contributed by atoms with E-state index >= 15 is 0 Å². The maximum absolute atomic E-state index is 12.6. The lowest BCUT2D eigenvalue weighted by molar-refractivity contribution is 0.229. The molecule has 0 atom stereocenters. The van der Waals surface area contributed by atoms with E-state index in [2.05, 4.69) is 10.3 Å². The van der Waals surface area contributed by atoms with Gasteiger partial charge in [0.1, 0.15) is 0 Å². The molecule has 0 aliphatic rings. The standard InChI is InChI=1S/C12H17N4O3P/c1-3-18-20(17,19-4-2)12-11(13)16(15-14-12)10-8-6-5-7-9-10/h5-9H,3-4,13H2,1-2H3. The van der Waals surface area contributed by atoms with Crippen molar-refractivity contribution in [3.63, 3.8) is 0 Å². The molecule has 2 rings (SSSR count). The van der Waals surface area contributed by atoms with Crippen molar-refractivity contribution in [3.05, 3.63) is 30.3 Å². The van der Waals surface area contributed by atoms with Crippen molar-refractivity contribution >= 4 is 18.8 Å². The molecule has 0 aliphatic heterocycles. The van der Waals surface area contributed by atoms with Crippen LogP contribution in [0.15, 0.2) is 30.3 Å². The number of hydrogen-bond donors (Lipinski definition) is 1. The minimum Gasteiger partial charge on any atom is -0.381 e. The van der Waals surface area contributed by atoms with E-state index in [-0.39, 0.29) is 24.5 Å². The quantitative estimate of drug-likeness (QED) is 0.816. The molecule has 0 spiro atoms. The second-order valence-corrected chi connectivity index (χ2v) is 5.81. The lowest BCUT2D eigenvalue weighted by Gasteiger charge is -2.14. The summed E-state index contributed by atoms with van der Waals surface area (Å²) in [6, 6.07) is 9.21. The molecule has 0 amide bonds. The zero-order valence-corrected chi connectivity index (χ0v) is 12.3. The average molecular weight is 296 g/mol. The van der Waals surface area contributed by atoms with Crippen molar-refractivity contribution in [2.75, 3.05) is 18.9 Å². The maximum Gasteiger partial charge on any atom is 0.385 e. The largest absolute Gasteiger partial charge is 0.385 e. The highest BCUT2D eigenvalue weighted by Gasteiger charge is 2.34. The highest BCUT2D eigenvalue weighted by atomic mass is 31.2. The number of aromatic nitrogens is 3. The molecule has 1 aromatic carbocycles. The van der Waals surface area contributed by atoms with Gasteiger partial charge in [-0.1, -0.05) is 23.4 Å². The van der Waals surface area contributed by atoms with Gasteiger partial charge in [-0.15, -0.1) is 5.10 Å². The van der Waals surface area contributed by atoms with E-state index in [0.717, 1.165) is 5.69 Å². The molecule has 20 heavy (non-hydrogen) atoms. The first-order valence-electron chi connectivity index (χ1n) is 6.28. The number of nitrogens with zero attached hydrogens (tertiary/aromatic N) is 3. The molecule has 1 heterocycles. The Hall–Kier alpha value is -1.69. The van der Waals surface area contributed by atoms with Gasteiger partial charge in [0.15, 0.2) is 5.82 Å². The van der Waals surface area contributed by atoms with Gasteiger partial charge in [0.25, 0.3) is 0 Å². The predicted octanol–water partition coefficient (Wildman–Crippen LogP) is 1.74. The topological polar surface area (TPSA) is 92.3 Å². The first-order chi connectivity index (χ1) is 9.62. The second kappa shape index (κ2) is 6.17. The van der Waals surface area contributed by atoms with Gasteiger partial charge in [-0.2, -0.15) is 4.68 Å². The average Bonchev–Trinajstić information content (AvgIpc) is 2.83. The molecule has 8 heteroatoms. The van der Waals surface area contributed by atoms with Gasteiger partial charge in [-0.3, -0.25) is 4.57 Å². The number of para-hydroxylation sites is 1. The summed E-state index contributed by atoms with van der Waals surface area (Å²) >= 11 is 0. The van der Waals surface area contributed by atoms with Gasteiger partial charge in [0.05, 0.1) is 18.9 Å². The third kappa shape index (κ3) is 2.75. The Morgan fingerprint density at radius 3 is 2.35 bits per heavy atom. The summed E-state index contributed by atoms with van der Waals surface area (Å²) in [6.45, 7) is 3.91. The van der Waals surface area contributed by atoms with Crippen molar-refractivity contribution < 1.29 is 13.6 Å². The van der Waals surface area contributed by atoms with Crippen LogP contribution in [0, 0.1) is 0 Å². The second-order valence-electron chi connectivity index (χ2n) is 3.88. The van der Waals surface area contributed by atoms with Gasteiger partial charge < -0.3 is 14.8 Å². The smallest absolute Gasteiger partial charge is 0.381 e. The Kier molecular flexibility index (Phi) is 4.54. The number of rotatable bonds is 6. The first kappa shape index (κ1) is 14.7. The summed E-state index contributed by atoms with van der Waals surface area (Å²) in [6.07, 6.45) is 0. The molecule has 2 aromatic rings. The summed E-state index contributed by atoms with van der Waals surface area (Å²) in [4.78, 5) is 0. The summed E-state index contributed by atoms with van der Waals surface area (Å²) < 4.78 is 24.5. The van der Waals surface area contributed by atoms with Gasteiger partial charge in [0, 0.05) is 0 Å². The summed E-state index contributed by atoms with van der Waals surface area (Å²) in [5.74, 6) is 0.154. The van der Waals surface area contributed by atoms with Crippen LogP contribution in [0.5, 0.6) is 0 Å². The summed E-state index contributed by atoms with van der Waals surface area (Å²) in [7, 11) is -3.53. The van der Waals surface area contributed by atoms with Crippen molar-refractivity contribution in [1.29, 1.82) is 0 Å². The molecule has 2 N–H and O–H groups in total. The van der Waals surface area contributed by atoms with Gasteiger partial charge >= 0.3 is 7.60 Å². The van der Waals surface area contributed by atoms with Crippen LogP contribution < -0.4 is 11.2 Å². The van der Waals surface area contributed by atoms with E-state index in [9.17, 15) is 4.57 Å². The third-order valence-corrected chi connectivity index (χ3v) is 4.58. The van der Waals surface area contributed by atoms with Gasteiger partial charge in [-0.05, 0) is 26.0 Å². The van der Waals surface area contributed by atoms with Crippen LogP contribution in [0.1, 0.15) is 13.8 Å². The third-order valence-electron chi connectivity index (χ3n) is 2.54. The van der Waals surface area contributed by atoms with Crippen LogP contribution in [0.2, 0.25) is 0 Å². The highest BCUT2D eigenvalue weighted by Crippen LogP contribution is 2.47. The molecule has 0 saturated carbocycles. The van der Waals surface area contributed by atoms with E-state index in [1.807, 2.05) is 30.3 Å². The zero-order chi connectivity index (χ0) is 14.6. The molecule has 108 valence electrons. The van der Waals surface area contributed by atoms with Crippen LogP contribution >= 0.6 is 7.60 Å². The lowest BCUT2D eigenvalue weighted by Crippen LogP contribution is -2.16. The maximum atomic E-state index is 12.6. The number of benzene rings is 1. The Morgan fingerprint density at radius 1 is 1.20 bits per heavy atom. The number of nitrogen functional groups attached to an aromatic ring is 1. The Labute approximate surface area is 117 Å². The molecule has 7 nitrogen and oxygen atoms in total. The highest BCUT2D eigenvalue weighted by molar-refractivity contribution is 7.62. The lowest BCUT2D eigenvalue weighted by atomic mass is 10.3. The van der Waals surface area contributed by atoms with E-state index in [0.29, 0.717) is 0 Å². The summed E-state index contributed by atoms with van der Waals surface area (Å²) in [5, 5.41) is 7.80. The van der Waals surface area contributed by atoms with E-state index < -0.39 is 7.60 Å². The molecule has 0 fully saturated rings. The molecule has 0 aliphatic carbocycles. The molecular weight excluding hydrogens is 279 g/mol. The Bertz CT molecular complexity index is 604. The van der Waals surface area contributed by atoms with Crippen molar-refractivity contribution in [2.45, 2.75) is 13.8 Å². The fourth-order valence-electron chi connectivity index (χ4n) is 1.74. The normalized spacial score (nSPS) is 11.7. The monoisotopic (exact) mass is 296 g/mol. The predicted molar refractivity (Wildman–Crippen MR) is 76.3 cm³/mol. The molecule has 0 unspecified atom stereocenters. The van der Waals surface area contributed by atoms with Crippen molar-refractivity contribution in [3.8, 4) is 5.69 Å². The molecule has 0 radical (unpaired) electrons. The molecular formula is C12H17N4O3P. The fourth-order valence-corrected chi connectivity index (χ4v) is 3.26. The molecule has 1 aromatic heterocycles. The van der Waals surface area contributed by atoms with Crippen LogP contribution in [0.4, 0.5) is 5.82 Å². The van der Waals surface area contributed by atoms with E-state index in [4.69, 9.17) is 14.8 Å². The van der Waals surface area contributed by atoms with Crippen LogP contribution in [0.3, 0.4) is 0 Å². The fraction of sp³-hybridized carbons (Fsp3) is 0.333. The van der Waals surface area contributed by atoms with Crippen LogP contribution in [-0.2, 0) is 13.6 Å². The molecule has 0 saturated heterocycles. The Balaban J connectivity index is 2.44. The van der Waals surface area contributed by atoms with Gasteiger partial charge in [0.2, 0.25) is 5.44 Å². The van der Waals surface area contributed by atoms with Gasteiger partial charge in [-0.25, -0.2) is 0 Å². The number of nitrogens with two attached hydrogens (primary N) is 1. The number of anilines is 1. The minimum absolute atomic E-state index is 0.0463. The first-order valence-corrected chi connectivity index (χ1v) is 7.83. The SMILES string of the molecule is CCOP(=O)(OCC)c1nnn(-c2ccccc2)c1N. The van der Waals surface area contributed by atoms with Crippen LogP contribution in [0.25, 0.3) is 5.69 Å². The van der Waals surface area contributed by atoms with Crippen molar-refractivity contribution in [2.24, 2.45) is 0 Å². The van der Waals surface area contributed by atoms with Crippen LogP contribution in [-0.4, -0.2) is 28.2 Å². The zero-order valence-electron chi connectivity index (χ0n) is 11.4.